The van der Waals surface area contributed by atoms with E-state index in [1.54, 1.807) is 18.7 Å². The Balaban J connectivity index is 4.40. The van der Waals surface area contributed by atoms with Gasteiger partial charge < -0.3 is 21.1 Å². The Bertz CT molecular complexity index is 282. The van der Waals surface area contributed by atoms with Gasteiger partial charge in [-0.25, -0.2) is 4.79 Å². The predicted molar refractivity (Wildman–Crippen MR) is 64.8 cm³/mol. The molecule has 0 heterocycles. The van der Waals surface area contributed by atoms with Crippen LogP contribution < -0.4 is 11.1 Å². The highest BCUT2D eigenvalue weighted by Gasteiger charge is 2.19. The molecule has 3 amide bonds. The van der Waals surface area contributed by atoms with Crippen molar-refractivity contribution in [3.63, 3.8) is 0 Å². The molecule has 1 atom stereocenters. The van der Waals surface area contributed by atoms with E-state index in [0.717, 1.165) is 4.90 Å². The number of aliphatic carboxylic acids is 1. The van der Waals surface area contributed by atoms with Gasteiger partial charge in [0.1, 0.15) is 13.1 Å². The minimum absolute atomic E-state index is 0.110. The molecule has 0 aliphatic carbocycles. The van der Waals surface area contributed by atoms with Crippen LogP contribution in [0.1, 0.15) is 6.92 Å². The fourth-order valence-electron chi connectivity index (χ4n) is 1.14. The first-order valence-corrected chi connectivity index (χ1v) is 6.30. The Morgan fingerprint density at radius 1 is 1.41 bits per heavy atom. The van der Waals surface area contributed by atoms with Crippen LogP contribution in [0.15, 0.2) is 0 Å². The molecule has 0 aromatic rings. The van der Waals surface area contributed by atoms with Crippen LogP contribution in [0, 0.1) is 0 Å². The summed E-state index contributed by atoms with van der Waals surface area (Å²) in [5, 5.41) is 11.2. The van der Waals surface area contributed by atoms with E-state index in [4.69, 9.17) is 10.8 Å². The summed E-state index contributed by atoms with van der Waals surface area (Å²) in [4.78, 5) is 33.7. The number of carboxylic acid groups (broad SMARTS) is 1. The molecule has 0 aromatic heterocycles. The summed E-state index contributed by atoms with van der Waals surface area (Å²) in [7, 11) is 0. The number of primary amides is 1. The van der Waals surface area contributed by atoms with Crippen LogP contribution in [0.3, 0.4) is 0 Å². The van der Waals surface area contributed by atoms with Gasteiger partial charge in [0.05, 0.1) is 0 Å². The second-order valence-corrected chi connectivity index (χ2v) is 4.43. The Labute approximate surface area is 104 Å². The molecule has 0 spiro atoms. The molecule has 0 aromatic carbocycles. The van der Waals surface area contributed by atoms with Gasteiger partial charge >= 0.3 is 12.0 Å². The molecule has 4 N–H and O–H groups in total. The van der Waals surface area contributed by atoms with Crippen LogP contribution in [0.5, 0.6) is 0 Å². The van der Waals surface area contributed by atoms with Crippen LogP contribution in [-0.2, 0) is 9.59 Å². The van der Waals surface area contributed by atoms with Crippen LogP contribution in [0.2, 0.25) is 0 Å². The van der Waals surface area contributed by atoms with Crippen molar-refractivity contribution in [1.29, 1.82) is 0 Å². The second kappa shape index (κ2) is 7.77. The number of carbonyl (C=O) groups is 3. The van der Waals surface area contributed by atoms with Gasteiger partial charge in [-0.2, -0.15) is 11.8 Å². The monoisotopic (exact) mass is 263 g/mol. The largest absolute Gasteiger partial charge is 0.480 e. The van der Waals surface area contributed by atoms with Crippen molar-refractivity contribution in [3.8, 4) is 0 Å². The van der Waals surface area contributed by atoms with E-state index in [1.807, 2.05) is 6.26 Å². The number of nitrogens with one attached hydrogen (secondary N) is 1. The summed E-state index contributed by atoms with van der Waals surface area (Å²) in [6.45, 7) is 0.822. The molecule has 0 aliphatic rings. The van der Waals surface area contributed by atoms with E-state index in [-0.39, 0.29) is 6.04 Å². The first-order valence-electron chi connectivity index (χ1n) is 4.91. The Hall–Kier alpha value is -1.44. The lowest BCUT2D eigenvalue weighted by Gasteiger charge is -2.22. The summed E-state index contributed by atoms with van der Waals surface area (Å²) < 4.78 is 0. The molecule has 0 saturated heterocycles. The third-order valence-electron chi connectivity index (χ3n) is 1.75. The first kappa shape index (κ1) is 15.6. The van der Waals surface area contributed by atoms with Gasteiger partial charge in [-0.3, -0.25) is 9.59 Å². The number of hydrogen-bond acceptors (Lipinski definition) is 4. The lowest BCUT2D eigenvalue weighted by molar-refractivity contribution is -0.137. The number of carbonyl (C=O) groups excluding carboxylic acids is 2. The molecule has 8 heteroatoms. The van der Waals surface area contributed by atoms with E-state index in [0.29, 0.717) is 5.75 Å². The van der Waals surface area contributed by atoms with Crippen LogP contribution >= 0.6 is 11.8 Å². The second-order valence-electron chi connectivity index (χ2n) is 3.52. The maximum absolute atomic E-state index is 11.6. The van der Waals surface area contributed by atoms with Crippen LogP contribution in [-0.4, -0.2) is 59.1 Å². The average Bonchev–Trinajstić information content (AvgIpc) is 2.15. The number of amides is 3. The minimum atomic E-state index is -1.20. The number of nitrogens with two attached hydrogens (primary N) is 1. The lowest BCUT2D eigenvalue weighted by Crippen LogP contribution is -2.49. The van der Waals surface area contributed by atoms with Crippen molar-refractivity contribution in [2.24, 2.45) is 5.73 Å². The minimum Gasteiger partial charge on any atom is -0.480 e. The van der Waals surface area contributed by atoms with Crippen molar-refractivity contribution >= 4 is 29.7 Å². The van der Waals surface area contributed by atoms with Crippen molar-refractivity contribution in [2.75, 3.05) is 25.1 Å². The standard InChI is InChI=1S/C9H17N3O4S/c1-6(5-17-2)11-9(16)12(3-7(10)13)4-8(14)15/h6H,3-5H2,1-2H3,(H2,10,13)(H,11,16)(H,14,15). The summed E-state index contributed by atoms with van der Waals surface area (Å²) in [5.41, 5.74) is 4.94. The fraction of sp³-hybridized carbons (Fsp3) is 0.667. The van der Waals surface area contributed by atoms with Gasteiger partial charge in [0.15, 0.2) is 0 Å². The highest BCUT2D eigenvalue weighted by Crippen LogP contribution is 1.98. The topological polar surface area (TPSA) is 113 Å². The Kier molecular flexibility index (Phi) is 7.11. The Morgan fingerprint density at radius 3 is 2.41 bits per heavy atom. The van der Waals surface area contributed by atoms with Gasteiger partial charge in [-0.1, -0.05) is 0 Å². The summed E-state index contributed by atoms with van der Waals surface area (Å²) in [6, 6.07) is -0.713. The van der Waals surface area contributed by atoms with Crippen molar-refractivity contribution in [2.45, 2.75) is 13.0 Å². The predicted octanol–water partition coefficient (Wildman–Crippen LogP) is -0.681. The van der Waals surface area contributed by atoms with Gasteiger partial charge in [0.2, 0.25) is 5.91 Å². The van der Waals surface area contributed by atoms with Crippen LogP contribution in [0.25, 0.3) is 0 Å². The fourth-order valence-corrected chi connectivity index (χ4v) is 1.73. The highest BCUT2D eigenvalue weighted by molar-refractivity contribution is 7.98. The number of thioether (sulfide) groups is 1. The number of urea groups is 1. The Morgan fingerprint density at radius 2 is 2.00 bits per heavy atom. The number of nitrogens with zero attached hydrogens (tertiary/aromatic N) is 1. The zero-order chi connectivity index (χ0) is 13.4. The van der Waals surface area contributed by atoms with Crippen molar-refractivity contribution in [3.05, 3.63) is 0 Å². The zero-order valence-corrected chi connectivity index (χ0v) is 10.6. The molecule has 0 aliphatic heterocycles. The quantitative estimate of drug-likeness (QED) is 0.563. The van der Waals surface area contributed by atoms with Crippen LogP contribution in [0.4, 0.5) is 4.79 Å². The molecular formula is C9H17N3O4S. The lowest BCUT2D eigenvalue weighted by atomic mass is 10.4. The molecule has 0 rings (SSSR count). The van der Waals surface area contributed by atoms with Crippen molar-refractivity contribution < 1.29 is 19.5 Å². The van der Waals surface area contributed by atoms with E-state index >= 15 is 0 Å². The molecular weight excluding hydrogens is 246 g/mol. The summed E-state index contributed by atoms with van der Waals surface area (Å²) in [5.74, 6) is -1.25. The summed E-state index contributed by atoms with van der Waals surface area (Å²) >= 11 is 1.55. The van der Waals surface area contributed by atoms with Gasteiger partial charge in [-0.05, 0) is 13.2 Å². The molecule has 1 unspecified atom stereocenters. The SMILES string of the molecule is CSCC(C)NC(=O)N(CC(N)=O)CC(=O)O. The smallest absolute Gasteiger partial charge is 0.323 e. The van der Waals surface area contributed by atoms with E-state index < -0.39 is 31.0 Å². The van der Waals surface area contributed by atoms with Gasteiger partial charge in [0, 0.05) is 11.8 Å². The average molecular weight is 263 g/mol. The van der Waals surface area contributed by atoms with E-state index in [2.05, 4.69) is 5.32 Å². The molecule has 0 bridgehead atoms. The summed E-state index contributed by atoms with van der Waals surface area (Å²) in [6.07, 6.45) is 1.89. The molecule has 0 fully saturated rings. The normalized spacial score (nSPS) is 11.6. The van der Waals surface area contributed by atoms with E-state index in [9.17, 15) is 14.4 Å². The van der Waals surface area contributed by atoms with Gasteiger partial charge in [-0.15, -0.1) is 0 Å². The molecule has 0 saturated carbocycles. The van der Waals surface area contributed by atoms with Crippen molar-refractivity contribution in [1.82, 2.24) is 10.2 Å². The molecule has 98 valence electrons. The number of carboxylic acids is 1. The molecule has 7 nitrogen and oxygen atoms in total. The third-order valence-corrected chi connectivity index (χ3v) is 2.58. The first-order chi connectivity index (χ1) is 7.86. The zero-order valence-electron chi connectivity index (χ0n) is 9.80. The molecule has 17 heavy (non-hydrogen) atoms. The maximum atomic E-state index is 11.6. The highest BCUT2D eigenvalue weighted by atomic mass is 32.2. The van der Waals surface area contributed by atoms with E-state index in [1.165, 1.54) is 0 Å². The maximum Gasteiger partial charge on any atom is 0.323 e. The number of hydrogen-bond donors (Lipinski definition) is 3. The van der Waals surface area contributed by atoms with Gasteiger partial charge in [0.25, 0.3) is 0 Å². The molecule has 0 radical (unpaired) electrons. The third kappa shape index (κ3) is 7.45. The number of rotatable bonds is 7.